The first-order valence-electron chi connectivity index (χ1n) is 7.18. The van der Waals surface area contributed by atoms with Gasteiger partial charge in [-0.05, 0) is 48.9 Å². The molecule has 1 fully saturated rings. The summed E-state index contributed by atoms with van der Waals surface area (Å²) < 4.78 is 0.882. The predicted octanol–water partition coefficient (Wildman–Crippen LogP) is 4.24. The molecule has 1 N–H and O–H groups in total. The van der Waals surface area contributed by atoms with Gasteiger partial charge >= 0.3 is 0 Å². The third-order valence-electron chi connectivity index (χ3n) is 3.71. The van der Waals surface area contributed by atoms with Crippen LogP contribution in [0.25, 0.3) is 0 Å². The molecule has 23 heavy (non-hydrogen) atoms. The van der Waals surface area contributed by atoms with E-state index in [-0.39, 0.29) is 11.8 Å². The van der Waals surface area contributed by atoms with Crippen molar-refractivity contribution >= 4 is 50.7 Å². The Morgan fingerprint density at radius 2 is 1.96 bits per heavy atom. The van der Waals surface area contributed by atoms with Gasteiger partial charge in [0.25, 0.3) is 0 Å². The van der Waals surface area contributed by atoms with Crippen LogP contribution in [-0.2, 0) is 9.59 Å². The Hall–Kier alpha value is -1.85. The van der Waals surface area contributed by atoms with E-state index in [1.807, 2.05) is 24.3 Å². The van der Waals surface area contributed by atoms with E-state index >= 15 is 0 Å². The summed E-state index contributed by atoms with van der Waals surface area (Å²) in [5.74, 6) is -0.245. The molecule has 6 heteroatoms. The number of carbonyl (C=O) groups excluding carboxylic acids is 2. The molecule has 4 nitrogen and oxygen atoms in total. The molecule has 1 aliphatic rings. The molecular formula is C17H14BrClN2O2. The number of hydrogen-bond acceptors (Lipinski definition) is 2. The van der Waals surface area contributed by atoms with E-state index in [4.69, 9.17) is 11.6 Å². The highest BCUT2D eigenvalue weighted by Gasteiger charge is 2.37. The van der Waals surface area contributed by atoms with Crippen LogP contribution in [0.2, 0.25) is 5.02 Å². The lowest BCUT2D eigenvalue weighted by molar-refractivity contribution is -0.120. The van der Waals surface area contributed by atoms with E-state index in [0.29, 0.717) is 29.2 Å². The first-order chi connectivity index (χ1) is 11.0. The van der Waals surface area contributed by atoms with Crippen LogP contribution in [0.15, 0.2) is 53.0 Å². The van der Waals surface area contributed by atoms with Crippen LogP contribution in [0.3, 0.4) is 0 Å². The summed E-state index contributed by atoms with van der Waals surface area (Å²) in [6.07, 6.45) is 0.862. The molecule has 0 spiro atoms. The van der Waals surface area contributed by atoms with E-state index in [9.17, 15) is 9.59 Å². The van der Waals surface area contributed by atoms with Gasteiger partial charge in [-0.1, -0.05) is 33.6 Å². The molecule has 1 saturated heterocycles. The minimum Gasteiger partial charge on any atom is -0.324 e. The Kier molecular flexibility index (Phi) is 4.68. The largest absolute Gasteiger partial charge is 0.324 e. The van der Waals surface area contributed by atoms with E-state index in [2.05, 4.69) is 21.2 Å². The van der Waals surface area contributed by atoms with E-state index < -0.39 is 6.04 Å². The van der Waals surface area contributed by atoms with Crippen LogP contribution in [-0.4, -0.2) is 17.9 Å². The minimum atomic E-state index is -0.511. The van der Waals surface area contributed by atoms with Gasteiger partial charge in [-0.15, -0.1) is 0 Å². The fourth-order valence-electron chi connectivity index (χ4n) is 2.65. The smallest absolute Gasteiger partial charge is 0.247 e. The second kappa shape index (κ2) is 6.72. The Balaban J connectivity index is 1.81. The van der Waals surface area contributed by atoms with Crippen LogP contribution >= 0.6 is 27.5 Å². The molecule has 0 saturated carbocycles. The van der Waals surface area contributed by atoms with Gasteiger partial charge in [-0.3, -0.25) is 14.5 Å². The Morgan fingerprint density at radius 1 is 1.22 bits per heavy atom. The molecule has 118 valence electrons. The van der Waals surface area contributed by atoms with Crippen LogP contribution in [0.5, 0.6) is 0 Å². The molecule has 0 radical (unpaired) electrons. The maximum absolute atomic E-state index is 12.6. The normalized spacial score (nSPS) is 17.4. The van der Waals surface area contributed by atoms with Crippen molar-refractivity contribution in [3.8, 4) is 0 Å². The fourth-order valence-corrected chi connectivity index (χ4v) is 3.17. The van der Waals surface area contributed by atoms with Gasteiger partial charge in [0.1, 0.15) is 6.04 Å². The number of anilines is 2. The van der Waals surface area contributed by atoms with Crippen molar-refractivity contribution in [3.63, 3.8) is 0 Å². The van der Waals surface area contributed by atoms with Crippen molar-refractivity contribution in [1.82, 2.24) is 0 Å². The summed E-state index contributed by atoms with van der Waals surface area (Å²) in [7, 11) is 0. The highest BCUT2D eigenvalue weighted by atomic mass is 79.9. The van der Waals surface area contributed by atoms with Crippen molar-refractivity contribution < 1.29 is 9.59 Å². The monoisotopic (exact) mass is 392 g/mol. The molecule has 1 unspecified atom stereocenters. The van der Waals surface area contributed by atoms with Gasteiger partial charge in [-0.25, -0.2) is 0 Å². The van der Waals surface area contributed by atoms with Gasteiger partial charge in [-0.2, -0.15) is 0 Å². The molecule has 0 aromatic heterocycles. The highest BCUT2D eigenvalue weighted by molar-refractivity contribution is 9.10. The van der Waals surface area contributed by atoms with Crippen molar-refractivity contribution in [1.29, 1.82) is 0 Å². The summed E-state index contributed by atoms with van der Waals surface area (Å²) in [5, 5.41) is 3.46. The number of nitrogens with zero attached hydrogens (tertiary/aromatic N) is 1. The van der Waals surface area contributed by atoms with Gasteiger partial charge < -0.3 is 5.32 Å². The lowest BCUT2D eigenvalue weighted by Gasteiger charge is -2.24. The molecule has 1 atom stereocenters. The van der Waals surface area contributed by atoms with Crippen LogP contribution in [0.1, 0.15) is 12.8 Å². The number of benzene rings is 2. The molecule has 2 aromatic rings. The SMILES string of the molecule is O=C(Nc1cccc(Br)c1)C1CCC(=O)N1c1ccc(Cl)cc1. The summed E-state index contributed by atoms with van der Waals surface area (Å²) in [6.45, 7) is 0. The minimum absolute atomic E-state index is 0.0540. The standard InChI is InChI=1S/C17H14BrClN2O2/c18-11-2-1-3-13(10-11)20-17(23)15-8-9-16(22)21(15)14-6-4-12(19)5-7-14/h1-7,10,15H,8-9H2,(H,20,23). The first-order valence-corrected chi connectivity index (χ1v) is 8.36. The number of carbonyl (C=O) groups is 2. The molecule has 0 aliphatic carbocycles. The molecule has 1 heterocycles. The van der Waals surface area contributed by atoms with Crippen molar-refractivity contribution in [2.24, 2.45) is 0 Å². The lowest BCUT2D eigenvalue weighted by Crippen LogP contribution is -2.41. The number of amides is 2. The second-order valence-corrected chi connectivity index (χ2v) is 6.65. The summed E-state index contributed by atoms with van der Waals surface area (Å²) in [4.78, 5) is 26.3. The average molecular weight is 394 g/mol. The third kappa shape index (κ3) is 3.57. The van der Waals surface area contributed by atoms with E-state index in [0.717, 1.165) is 4.47 Å². The molecular weight excluding hydrogens is 380 g/mol. The Morgan fingerprint density at radius 3 is 2.65 bits per heavy atom. The van der Waals surface area contributed by atoms with Crippen LogP contribution in [0.4, 0.5) is 11.4 Å². The molecule has 2 amide bonds. The van der Waals surface area contributed by atoms with Crippen LogP contribution < -0.4 is 10.2 Å². The molecule has 1 aliphatic heterocycles. The van der Waals surface area contributed by atoms with E-state index in [1.165, 1.54) is 0 Å². The summed E-state index contributed by atoms with van der Waals surface area (Å²) >= 11 is 9.26. The maximum Gasteiger partial charge on any atom is 0.247 e. The lowest BCUT2D eigenvalue weighted by atomic mass is 10.2. The second-order valence-electron chi connectivity index (χ2n) is 5.29. The zero-order valence-electron chi connectivity index (χ0n) is 12.1. The molecule has 0 bridgehead atoms. The van der Waals surface area contributed by atoms with Crippen molar-refractivity contribution in [2.75, 3.05) is 10.2 Å². The number of nitrogens with one attached hydrogen (secondary N) is 1. The first kappa shape index (κ1) is 16.0. The topological polar surface area (TPSA) is 49.4 Å². The van der Waals surface area contributed by atoms with Gasteiger partial charge in [0.2, 0.25) is 11.8 Å². The summed E-state index contributed by atoms with van der Waals surface area (Å²) in [6, 6.07) is 13.8. The Bertz CT molecular complexity index is 749. The number of halogens is 2. The van der Waals surface area contributed by atoms with Crippen LogP contribution in [0, 0.1) is 0 Å². The number of rotatable bonds is 3. The van der Waals surface area contributed by atoms with Crippen molar-refractivity contribution in [2.45, 2.75) is 18.9 Å². The van der Waals surface area contributed by atoms with Crippen molar-refractivity contribution in [3.05, 3.63) is 58.0 Å². The molecule has 2 aromatic carbocycles. The zero-order chi connectivity index (χ0) is 16.4. The van der Waals surface area contributed by atoms with Gasteiger partial charge in [0, 0.05) is 27.3 Å². The number of hydrogen-bond donors (Lipinski definition) is 1. The fraction of sp³-hybridized carbons (Fsp3) is 0.176. The van der Waals surface area contributed by atoms with Gasteiger partial charge in [0.15, 0.2) is 0 Å². The van der Waals surface area contributed by atoms with Gasteiger partial charge in [0.05, 0.1) is 0 Å². The Labute approximate surface area is 147 Å². The maximum atomic E-state index is 12.6. The summed E-state index contributed by atoms with van der Waals surface area (Å²) in [5.41, 5.74) is 1.38. The van der Waals surface area contributed by atoms with E-state index in [1.54, 1.807) is 29.2 Å². The third-order valence-corrected chi connectivity index (χ3v) is 4.46. The zero-order valence-corrected chi connectivity index (χ0v) is 14.5. The average Bonchev–Trinajstić information content (AvgIpc) is 2.90. The quantitative estimate of drug-likeness (QED) is 0.848. The molecule has 3 rings (SSSR count). The predicted molar refractivity (Wildman–Crippen MR) is 94.7 cm³/mol. The highest BCUT2D eigenvalue weighted by Crippen LogP contribution is 2.28.